The molecule has 2 unspecified atom stereocenters. The van der Waals surface area contributed by atoms with Gasteiger partial charge in [0.2, 0.25) is 0 Å². The van der Waals surface area contributed by atoms with E-state index < -0.39 is 6.10 Å². The Morgan fingerprint density at radius 1 is 1.36 bits per heavy atom. The van der Waals surface area contributed by atoms with Crippen molar-refractivity contribution >= 4 is 11.5 Å². The summed E-state index contributed by atoms with van der Waals surface area (Å²) in [6.07, 6.45) is 0.564. The quantitative estimate of drug-likeness (QED) is 0.838. The van der Waals surface area contributed by atoms with Gasteiger partial charge >= 0.3 is 0 Å². The van der Waals surface area contributed by atoms with Crippen LogP contribution >= 0.6 is 11.5 Å². The summed E-state index contributed by atoms with van der Waals surface area (Å²) in [5.74, 6) is 0.609. The van der Waals surface area contributed by atoms with Crippen molar-refractivity contribution in [2.45, 2.75) is 46.1 Å². The molecular weight excluding hydrogens is 196 g/mol. The summed E-state index contributed by atoms with van der Waals surface area (Å²) in [6, 6.07) is 0. The van der Waals surface area contributed by atoms with E-state index in [9.17, 15) is 5.11 Å². The molecule has 1 aromatic heterocycles. The Morgan fingerprint density at radius 3 is 2.50 bits per heavy atom. The number of hydrogen-bond donors (Lipinski definition) is 1. The highest BCUT2D eigenvalue weighted by molar-refractivity contribution is 7.05. The van der Waals surface area contributed by atoms with E-state index in [1.54, 1.807) is 0 Å². The fourth-order valence-electron chi connectivity index (χ4n) is 1.29. The highest BCUT2D eigenvalue weighted by atomic mass is 32.1. The number of aliphatic hydroxyl groups excluding tert-OH is 1. The molecule has 80 valence electrons. The molecule has 3 nitrogen and oxygen atoms in total. The number of hydrogen-bond acceptors (Lipinski definition) is 4. The molecule has 0 bridgehead atoms. The second-order valence-corrected chi connectivity index (χ2v) is 4.79. The Kier molecular flexibility index (Phi) is 4.01. The van der Waals surface area contributed by atoms with Crippen molar-refractivity contribution in [2.75, 3.05) is 0 Å². The van der Waals surface area contributed by atoms with E-state index in [0.717, 1.165) is 17.0 Å². The summed E-state index contributed by atoms with van der Waals surface area (Å²) in [5, 5.41) is 14.1. The van der Waals surface area contributed by atoms with Gasteiger partial charge in [-0.05, 0) is 23.4 Å². The lowest BCUT2D eigenvalue weighted by Crippen LogP contribution is -2.09. The van der Waals surface area contributed by atoms with E-state index in [0.29, 0.717) is 5.92 Å². The fourth-order valence-corrected chi connectivity index (χ4v) is 2.22. The van der Waals surface area contributed by atoms with Crippen LogP contribution in [0, 0.1) is 5.92 Å². The van der Waals surface area contributed by atoms with Gasteiger partial charge in [0.15, 0.2) is 0 Å². The summed E-state index contributed by atoms with van der Waals surface area (Å²) < 4.78 is 3.91. The Bertz CT molecular complexity index is 285. The Labute approximate surface area is 89.3 Å². The first kappa shape index (κ1) is 11.6. The van der Waals surface area contributed by atoms with Crippen molar-refractivity contribution in [2.24, 2.45) is 5.92 Å². The Morgan fingerprint density at radius 2 is 2.00 bits per heavy atom. The van der Waals surface area contributed by atoms with Crippen LogP contribution in [0.4, 0.5) is 0 Å². The monoisotopic (exact) mass is 214 g/mol. The minimum atomic E-state index is -0.405. The number of rotatable bonds is 4. The standard InChI is InChI=1S/C10H18N2OS/c1-5-7(4)9(13)10-8(6(2)3)11-12-14-10/h6-7,9,13H,5H2,1-4H3. The molecule has 14 heavy (non-hydrogen) atoms. The zero-order valence-corrected chi connectivity index (χ0v) is 10.0. The average Bonchev–Trinajstić information content (AvgIpc) is 2.63. The van der Waals surface area contributed by atoms with Gasteiger partial charge in [0.25, 0.3) is 0 Å². The van der Waals surface area contributed by atoms with Crippen LogP contribution in [0.3, 0.4) is 0 Å². The molecule has 0 spiro atoms. The zero-order valence-electron chi connectivity index (χ0n) is 9.19. The average molecular weight is 214 g/mol. The van der Waals surface area contributed by atoms with E-state index in [-0.39, 0.29) is 5.92 Å². The van der Waals surface area contributed by atoms with Crippen LogP contribution < -0.4 is 0 Å². The third-order valence-electron chi connectivity index (χ3n) is 2.54. The molecule has 1 aromatic rings. The van der Waals surface area contributed by atoms with E-state index in [1.165, 1.54) is 11.5 Å². The first-order chi connectivity index (χ1) is 6.57. The molecule has 2 atom stereocenters. The number of nitrogens with zero attached hydrogens (tertiary/aromatic N) is 2. The maximum atomic E-state index is 10.0. The van der Waals surface area contributed by atoms with Gasteiger partial charge in [0, 0.05) is 0 Å². The van der Waals surface area contributed by atoms with Gasteiger partial charge in [-0.2, -0.15) is 0 Å². The third-order valence-corrected chi connectivity index (χ3v) is 3.35. The van der Waals surface area contributed by atoms with Crippen LogP contribution in [0.5, 0.6) is 0 Å². The van der Waals surface area contributed by atoms with E-state index >= 15 is 0 Å². The van der Waals surface area contributed by atoms with Crippen LogP contribution in [-0.2, 0) is 0 Å². The smallest absolute Gasteiger partial charge is 0.0942 e. The number of aliphatic hydroxyl groups is 1. The van der Waals surface area contributed by atoms with Crippen LogP contribution in [0.2, 0.25) is 0 Å². The molecule has 0 radical (unpaired) electrons. The Hall–Kier alpha value is -0.480. The fraction of sp³-hybridized carbons (Fsp3) is 0.800. The predicted molar refractivity (Wildman–Crippen MR) is 58.4 cm³/mol. The Balaban J connectivity index is 2.89. The van der Waals surface area contributed by atoms with E-state index in [4.69, 9.17) is 0 Å². The highest BCUT2D eigenvalue weighted by Crippen LogP contribution is 2.31. The van der Waals surface area contributed by atoms with Crippen LogP contribution in [0.15, 0.2) is 0 Å². The summed E-state index contributed by atoms with van der Waals surface area (Å²) in [7, 11) is 0. The lowest BCUT2D eigenvalue weighted by molar-refractivity contribution is 0.117. The van der Waals surface area contributed by atoms with Crippen molar-refractivity contribution in [3.05, 3.63) is 10.6 Å². The molecule has 0 aromatic carbocycles. The summed E-state index contributed by atoms with van der Waals surface area (Å²) in [5.41, 5.74) is 0.947. The van der Waals surface area contributed by atoms with Crippen molar-refractivity contribution in [3.63, 3.8) is 0 Å². The van der Waals surface area contributed by atoms with Crippen LogP contribution in [0.25, 0.3) is 0 Å². The van der Waals surface area contributed by atoms with Gasteiger partial charge in [-0.3, -0.25) is 0 Å². The first-order valence-electron chi connectivity index (χ1n) is 5.08. The van der Waals surface area contributed by atoms with Crippen molar-refractivity contribution in [1.82, 2.24) is 9.59 Å². The van der Waals surface area contributed by atoms with E-state index in [2.05, 4.69) is 37.3 Å². The van der Waals surface area contributed by atoms with Crippen molar-refractivity contribution < 1.29 is 5.11 Å². The number of aromatic nitrogens is 2. The van der Waals surface area contributed by atoms with Gasteiger partial charge in [0.05, 0.1) is 16.7 Å². The molecule has 0 saturated carbocycles. The van der Waals surface area contributed by atoms with Gasteiger partial charge in [-0.15, -0.1) is 5.10 Å². The summed E-state index contributed by atoms with van der Waals surface area (Å²) in [6.45, 7) is 8.28. The second kappa shape index (κ2) is 4.84. The second-order valence-electron chi connectivity index (χ2n) is 4.01. The third kappa shape index (κ3) is 2.30. The minimum absolute atomic E-state index is 0.273. The maximum absolute atomic E-state index is 10.0. The molecule has 0 fully saturated rings. The molecule has 1 heterocycles. The van der Waals surface area contributed by atoms with E-state index in [1.807, 2.05) is 0 Å². The maximum Gasteiger partial charge on any atom is 0.0942 e. The highest BCUT2D eigenvalue weighted by Gasteiger charge is 2.22. The lowest BCUT2D eigenvalue weighted by Gasteiger charge is -2.16. The van der Waals surface area contributed by atoms with Gasteiger partial charge in [0.1, 0.15) is 0 Å². The molecule has 1 rings (SSSR count). The van der Waals surface area contributed by atoms with Crippen molar-refractivity contribution in [3.8, 4) is 0 Å². The van der Waals surface area contributed by atoms with Gasteiger partial charge < -0.3 is 5.11 Å². The molecule has 1 N–H and O–H groups in total. The topological polar surface area (TPSA) is 46.0 Å². The molecular formula is C10H18N2OS. The van der Waals surface area contributed by atoms with Crippen molar-refractivity contribution in [1.29, 1.82) is 0 Å². The molecule has 0 aliphatic rings. The predicted octanol–water partition coefficient (Wildman–Crippen LogP) is 2.74. The first-order valence-corrected chi connectivity index (χ1v) is 5.85. The summed E-state index contributed by atoms with van der Waals surface area (Å²) >= 11 is 1.32. The normalized spacial score (nSPS) is 15.9. The molecule has 4 heteroatoms. The molecule has 0 saturated heterocycles. The van der Waals surface area contributed by atoms with Gasteiger partial charge in [-0.25, -0.2) is 0 Å². The molecule has 0 aliphatic heterocycles. The molecule has 0 aliphatic carbocycles. The molecule has 0 amide bonds. The lowest BCUT2D eigenvalue weighted by atomic mass is 9.97. The van der Waals surface area contributed by atoms with Crippen LogP contribution in [0.1, 0.15) is 56.7 Å². The van der Waals surface area contributed by atoms with Gasteiger partial charge in [-0.1, -0.05) is 38.6 Å². The minimum Gasteiger partial charge on any atom is -0.387 e. The SMILES string of the molecule is CCC(C)C(O)c1snnc1C(C)C. The zero-order chi connectivity index (χ0) is 10.7. The summed E-state index contributed by atoms with van der Waals surface area (Å²) in [4.78, 5) is 0.939. The largest absolute Gasteiger partial charge is 0.387 e. The van der Waals surface area contributed by atoms with Crippen LogP contribution in [-0.4, -0.2) is 14.7 Å².